The van der Waals surface area contributed by atoms with Gasteiger partial charge >= 0.3 is 0 Å². The molecule has 0 bridgehead atoms. The maximum Gasteiger partial charge on any atom is 0.128 e. The molecule has 1 N–H and O–H groups in total. The van der Waals surface area contributed by atoms with Gasteiger partial charge in [-0.15, -0.1) is 0 Å². The lowest BCUT2D eigenvalue weighted by Crippen LogP contribution is -2.41. The van der Waals surface area contributed by atoms with Gasteiger partial charge in [0.1, 0.15) is 5.82 Å². The van der Waals surface area contributed by atoms with Crippen molar-refractivity contribution in [1.29, 1.82) is 0 Å². The number of nitrogens with zero attached hydrogens (tertiary/aromatic N) is 2. The topological polar surface area (TPSA) is 28.2 Å². The largest absolute Gasteiger partial charge is 0.357 e. The number of hydrogen-bond donors (Lipinski definition) is 1. The Hall–Kier alpha value is -1.09. The first-order valence-electron chi connectivity index (χ1n) is 7.24. The van der Waals surface area contributed by atoms with Crippen LogP contribution in [0.1, 0.15) is 31.2 Å². The SMILES string of the molecule is Cc1ccnc(N2CCC(C3CCCN3)CC2)c1. The molecule has 0 amide bonds. The van der Waals surface area contributed by atoms with Crippen molar-refractivity contribution in [2.45, 2.75) is 38.6 Å². The molecule has 0 spiro atoms. The average Bonchev–Trinajstić information content (AvgIpc) is 2.93. The van der Waals surface area contributed by atoms with Gasteiger partial charge in [0.2, 0.25) is 0 Å². The lowest BCUT2D eigenvalue weighted by Gasteiger charge is -2.35. The first-order chi connectivity index (χ1) is 8.83. The minimum atomic E-state index is 0.789. The first kappa shape index (κ1) is 12.0. The third kappa shape index (κ3) is 2.51. The van der Waals surface area contributed by atoms with Gasteiger partial charge in [-0.05, 0) is 62.8 Å². The summed E-state index contributed by atoms with van der Waals surface area (Å²) in [6.45, 7) is 5.70. The molecule has 98 valence electrons. The van der Waals surface area contributed by atoms with E-state index in [1.807, 2.05) is 6.20 Å². The van der Waals surface area contributed by atoms with E-state index in [0.29, 0.717) is 0 Å². The van der Waals surface area contributed by atoms with E-state index < -0.39 is 0 Å². The summed E-state index contributed by atoms with van der Waals surface area (Å²) in [7, 11) is 0. The number of aromatic nitrogens is 1. The van der Waals surface area contributed by atoms with E-state index >= 15 is 0 Å². The maximum atomic E-state index is 4.50. The molecule has 3 rings (SSSR count). The summed E-state index contributed by atoms with van der Waals surface area (Å²) in [5.41, 5.74) is 1.31. The second kappa shape index (κ2) is 5.27. The van der Waals surface area contributed by atoms with Gasteiger partial charge in [0.15, 0.2) is 0 Å². The molecule has 3 nitrogen and oxygen atoms in total. The van der Waals surface area contributed by atoms with Crippen molar-refractivity contribution in [1.82, 2.24) is 10.3 Å². The van der Waals surface area contributed by atoms with Gasteiger partial charge in [0.05, 0.1) is 0 Å². The fourth-order valence-corrected chi connectivity index (χ4v) is 3.34. The second-order valence-corrected chi connectivity index (χ2v) is 5.72. The summed E-state index contributed by atoms with van der Waals surface area (Å²) in [6, 6.07) is 5.06. The van der Waals surface area contributed by atoms with Gasteiger partial charge in [0.25, 0.3) is 0 Å². The minimum absolute atomic E-state index is 0.789. The summed E-state index contributed by atoms with van der Waals surface area (Å²) in [5.74, 6) is 2.04. The highest BCUT2D eigenvalue weighted by Gasteiger charge is 2.28. The van der Waals surface area contributed by atoms with Crippen LogP contribution < -0.4 is 10.2 Å². The molecule has 1 atom stereocenters. The molecule has 2 fully saturated rings. The third-order valence-electron chi connectivity index (χ3n) is 4.43. The summed E-state index contributed by atoms with van der Waals surface area (Å²) in [6.07, 6.45) is 7.30. The van der Waals surface area contributed by atoms with Crippen molar-refractivity contribution < 1.29 is 0 Å². The number of piperidine rings is 1. The Balaban J connectivity index is 1.59. The Kier molecular flexibility index (Phi) is 3.50. The number of aryl methyl sites for hydroxylation is 1. The third-order valence-corrected chi connectivity index (χ3v) is 4.43. The Morgan fingerprint density at radius 3 is 2.78 bits per heavy atom. The number of anilines is 1. The van der Waals surface area contributed by atoms with Crippen molar-refractivity contribution in [3.8, 4) is 0 Å². The van der Waals surface area contributed by atoms with Gasteiger partial charge in [-0.3, -0.25) is 0 Å². The number of hydrogen-bond acceptors (Lipinski definition) is 3. The van der Waals surface area contributed by atoms with Crippen LogP contribution in [0.15, 0.2) is 18.3 Å². The molecule has 1 aromatic rings. The quantitative estimate of drug-likeness (QED) is 0.867. The van der Waals surface area contributed by atoms with Gasteiger partial charge in [-0.2, -0.15) is 0 Å². The normalized spacial score (nSPS) is 25.6. The van der Waals surface area contributed by atoms with Gasteiger partial charge in [-0.25, -0.2) is 4.98 Å². The van der Waals surface area contributed by atoms with E-state index in [9.17, 15) is 0 Å². The molecular weight excluding hydrogens is 222 g/mol. The van der Waals surface area contributed by atoms with Crippen LogP contribution in [0.2, 0.25) is 0 Å². The predicted octanol–water partition coefficient (Wildman–Crippen LogP) is 2.36. The maximum absolute atomic E-state index is 4.50. The molecule has 0 radical (unpaired) electrons. The van der Waals surface area contributed by atoms with E-state index in [0.717, 1.165) is 17.8 Å². The summed E-state index contributed by atoms with van der Waals surface area (Å²) < 4.78 is 0. The van der Waals surface area contributed by atoms with Crippen LogP contribution in [0.3, 0.4) is 0 Å². The Bertz CT molecular complexity index is 390. The Morgan fingerprint density at radius 2 is 2.11 bits per heavy atom. The van der Waals surface area contributed by atoms with E-state index in [2.05, 4.69) is 34.3 Å². The van der Waals surface area contributed by atoms with Gasteiger partial charge < -0.3 is 10.2 Å². The molecular formula is C15H23N3. The zero-order valence-corrected chi connectivity index (χ0v) is 11.2. The highest BCUT2D eigenvalue weighted by molar-refractivity contribution is 5.41. The average molecular weight is 245 g/mol. The van der Waals surface area contributed by atoms with E-state index in [-0.39, 0.29) is 0 Å². The molecule has 2 aliphatic heterocycles. The van der Waals surface area contributed by atoms with Crippen LogP contribution in [0.5, 0.6) is 0 Å². The van der Waals surface area contributed by atoms with Crippen LogP contribution in [-0.2, 0) is 0 Å². The molecule has 1 unspecified atom stereocenters. The Labute approximate surface area is 110 Å². The fraction of sp³-hybridized carbons (Fsp3) is 0.667. The van der Waals surface area contributed by atoms with Crippen LogP contribution >= 0.6 is 0 Å². The highest BCUT2D eigenvalue weighted by atomic mass is 15.2. The summed E-state index contributed by atoms with van der Waals surface area (Å²) in [4.78, 5) is 6.94. The molecule has 2 aliphatic rings. The Morgan fingerprint density at radius 1 is 1.28 bits per heavy atom. The van der Waals surface area contributed by atoms with Crippen molar-refractivity contribution in [3.05, 3.63) is 23.9 Å². The molecule has 18 heavy (non-hydrogen) atoms. The van der Waals surface area contributed by atoms with Gasteiger partial charge in [-0.1, -0.05) is 0 Å². The van der Waals surface area contributed by atoms with Gasteiger partial charge in [0, 0.05) is 25.3 Å². The second-order valence-electron chi connectivity index (χ2n) is 5.72. The van der Waals surface area contributed by atoms with Crippen LogP contribution in [0.4, 0.5) is 5.82 Å². The highest BCUT2D eigenvalue weighted by Crippen LogP contribution is 2.27. The van der Waals surface area contributed by atoms with E-state index in [4.69, 9.17) is 0 Å². The molecule has 0 aliphatic carbocycles. The predicted molar refractivity (Wildman–Crippen MR) is 74.9 cm³/mol. The lowest BCUT2D eigenvalue weighted by molar-refractivity contribution is 0.318. The summed E-state index contributed by atoms with van der Waals surface area (Å²) in [5, 5.41) is 3.66. The number of pyridine rings is 1. The number of rotatable bonds is 2. The van der Waals surface area contributed by atoms with Crippen molar-refractivity contribution >= 4 is 5.82 Å². The smallest absolute Gasteiger partial charge is 0.128 e. The molecule has 3 heteroatoms. The van der Waals surface area contributed by atoms with Crippen molar-refractivity contribution in [2.75, 3.05) is 24.5 Å². The lowest BCUT2D eigenvalue weighted by atomic mass is 9.88. The summed E-state index contributed by atoms with van der Waals surface area (Å²) >= 11 is 0. The molecule has 0 aromatic carbocycles. The van der Waals surface area contributed by atoms with Crippen LogP contribution in [0, 0.1) is 12.8 Å². The van der Waals surface area contributed by atoms with Crippen molar-refractivity contribution in [3.63, 3.8) is 0 Å². The van der Waals surface area contributed by atoms with Crippen LogP contribution in [0.25, 0.3) is 0 Å². The zero-order chi connectivity index (χ0) is 12.4. The zero-order valence-electron chi connectivity index (χ0n) is 11.2. The fourth-order valence-electron chi connectivity index (χ4n) is 3.34. The minimum Gasteiger partial charge on any atom is -0.357 e. The van der Waals surface area contributed by atoms with Crippen LogP contribution in [-0.4, -0.2) is 30.7 Å². The monoisotopic (exact) mass is 245 g/mol. The van der Waals surface area contributed by atoms with E-state index in [1.54, 1.807) is 0 Å². The van der Waals surface area contributed by atoms with Crippen molar-refractivity contribution in [2.24, 2.45) is 5.92 Å². The molecule has 3 heterocycles. The molecule has 0 saturated carbocycles. The standard InChI is InChI=1S/C15H23N3/c1-12-4-8-17-15(11-12)18-9-5-13(6-10-18)14-3-2-7-16-14/h4,8,11,13-14,16H,2-3,5-7,9-10H2,1H3. The van der Waals surface area contributed by atoms with E-state index in [1.165, 1.54) is 50.9 Å². The molecule has 2 saturated heterocycles. The number of nitrogens with one attached hydrogen (secondary N) is 1. The first-order valence-corrected chi connectivity index (χ1v) is 7.24. The molecule has 1 aromatic heterocycles.